The highest BCUT2D eigenvalue weighted by Gasteiger charge is 2.09. The molecule has 0 spiro atoms. The van der Waals surface area contributed by atoms with Crippen LogP contribution >= 0.6 is 0 Å². The topological polar surface area (TPSA) is 46.2 Å². The molecule has 0 aromatic heterocycles. The Bertz CT molecular complexity index is 460. The SMILES string of the molecule is C#CCCCCNS(=O)(=O)Cc1ccccc1. The summed E-state index contributed by atoms with van der Waals surface area (Å²) < 4.78 is 25.9. The zero-order valence-corrected chi connectivity index (χ0v) is 10.5. The Morgan fingerprint density at radius 1 is 1.18 bits per heavy atom. The van der Waals surface area contributed by atoms with Crippen LogP contribution in [0, 0.1) is 12.3 Å². The molecule has 1 rings (SSSR count). The second kappa shape index (κ2) is 7.10. The Hall–Kier alpha value is -1.31. The smallest absolute Gasteiger partial charge is 0.215 e. The molecule has 0 unspecified atom stereocenters. The third-order valence-electron chi connectivity index (χ3n) is 2.27. The minimum absolute atomic E-state index is 0.0307. The Kier molecular flexibility index (Phi) is 5.75. The standard InChI is InChI=1S/C13H17NO2S/c1-2-3-4-8-11-14-17(15,16)12-13-9-6-5-7-10-13/h1,5-7,9-10,14H,3-4,8,11-12H2. The Labute approximate surface area is 103 Å². The number of unbranched alkanes of at least 4 members (excludes halogenated alkanes) is 2. The van der Waals surface area contributed by atoms with Crippen molar-refractivity contribution in [2.75, 3.05) is 6.54 Å². The number of terminal acetylenes is 1. The van der Waals surface area contributed by atoms with Gasteiger partial charge in [0.1, 0.15) is 0 Å². The Morgan fingerprint density at radius 2 is 1.88 bits per heavy atom. The highest BCUT2D eigenvalue weighted by atomic mass is 32.2. The van der Waals surface area contributed by atoms with Crippen molar-refractivity contribution in [3.63, 3.8) is 0 Å². The van der Waals surface area contributed by atoms with E-state index in [1.807, 2.05) is 18.2 Å². The summed E-state index contributed by atoms with van der Waals surface area (Å²) in [7, 11) is -3.22. The normalized spacial score (nSPS) is 11.0. The van der Waals surface area contributed by atoms with Crippen LogP contribution in [-0.2, 0) is 15.8 Å². The van der Waals surface area contributed by atoms with Gasteiger partial charge in [0.25, 0.3) is 0 Å². The van der Waals surface area contributed by atoms with E-state index in [0.29, 0.717) is 13.0 Å². The van der Waals surface area contributed by atoms with Gasteiger partial charge in [0, 0.05) is 13.0 Å². The molecule has 0 aliphatic rings. The first-order valence-electron chi connectivity index (χ1n) is 5.59. The van der Waals surface area contributed by atoms with Gasteiger partial charge in [-0.1, -0.05) is 30.3 Å². The molecule has 0 heterocycles. The third-order valence-corrected chi connectivity index (χ3v) is 3.63. The molecule has 3 nitrogen and oxygen atoms in total. The lowest BCUT2D eigenvalue weighted by molar-refractivity contribution is 0.576. The maximum Gasteiger partial charge on any atom is 0.215 e. The van der Waals surface area contributed by atoms with Gasteiger partial charge in [0.05, 0.1) is 5.75 Å². The average molecular weight is 251 g/mol. The molecule has 1 N–H and O–H groups in total. The summed E-state index contributed by atoms with van der Waals surface area (Å²) in [5.74, 6) is 2.56. The van der Waals surface area contributed by atoms with Crippen LogP contribution in [0.2, 0.25) is 0 Å². The van der Waals surface area contributed by atoms with Crippen LogP contribution in [0.3, 0.4) is 0 Å². The van der Waals surface area contributed by atoms with Gasteiger partial charge in [0.15, 0.2) is 0 Å². The van der Waals surface area contributed by atoms with Crippen molar-refractivity contribution in [3.8, 4) is 12.3 Å². The number of rotatable bonds is 7. The van der Waals surface area contributed by atoms with Crippen molar-refractivity contribution < 1.29 is 8.42 Å². The zero-order chi connectivity index (χ0) is 12.6. The molecule has 0 radical (unpaired) electrons. The fourth-order valence-corrected chi connectivity index (χ4v) is 2.61. The molecule has 0 fully saturated rings. The summed E-state index contributed by atoms with van der Waals surface area (Å²) in [6, 6.07) is 9.13. The molecule has 4 heteroatoms. The van der Waals surface area contributed by atoms with Crippen molar-refractivity contribution >= 4 is 10.0 Å². The molecule has 0 aliphatic heterocycles. The number of benzene rings is 1. The highest BCUT2D eigenvalue weighted by molar-refractivity contribution is 7.88. The summed E-state index contributed by atoms with van der Waals surface area (Å²) in [4.78, 5) is 0. The predicted molar refractivity (Wildman–Crippen MR) is 69.8 cm³/mol. The lowest BCUT2D eigenvalue weighted by Crippen LogP contribution is -2.26. The molecule has 0 saturated carbocycles. The second-order valence-corrected chi connectivity index (χ2v) is 5.61. The lowest BCUT2D eigenvalue weighted by Gasteiger charge is -2.06. The fourth-order valence-electron chi connectivity index (χ4n) is 1.42. The van der Waals surface area contributed by atoms with E-state index in [4.69, 9.17) is 6.42 Å². The van der Waals surface area contributed by atoms with Crippen molar-refractivity contribution in [2.45, 2.75) is 25.0 Å². The summed E-state index contributed by atoms with van der Waals surface area (Å²) in [6.07, 6.45) is 7.43. The number of hydrogen-bond donors (Lipinski definition) is 1. The molecule has 1 aromatic carbocycles. The van der Waals surface area contributed by atoms with Gasteiger partial charge in [-0.3, -0.25) is 0 Å². The molecule has 17 heavy (non-hydrogen) atoms. The maximum absolute atomic E-state index is 11.7. The minimum atomic E-state index is -3.22. The molecule has 92 valence electrons. The van der Waals surface area contributed by atoms with Crippen LogP contribution < -0.4 is 4.72 Å². The summed E-state index contributed by atoms with van der Waals surface area (Å²) in [6.45, 7) is 0.455. The van der Waals surface area contributed by atoms with E-state index in [9.17, 15) is 8.42 Å². The predicted octanol–water partition coefficient (Wildman–Crippen LogP) is 1.91. The molecule has 0 atom stereocenters. The molecule has 0 amide bonds. The number of sulfonamides is 1. The van der Waals surface area contributed by atoms with E-state index in [1.54, 1.807) is 12.1 Å². The first-order chi connectivity index (χ1) is 8.14. The van der Waals surface area contributed by atoms with Gasteiger partial charge in [-0.25, -0.2) is 13.1 Å². The Morgan fingerprint density at radius 3 is 2.53 bits per heavy atom. The minimum Gasteiger partial charge on any atom is -0.215 e. The average Bonchev–Trinajstić information content (AvgIpc) is 2.29. The largest absolute Gasteiger partial charge is 0.215 e. The van der Waals surface area contributed by atoms with Gasteiger partial charge in [0.2, 0.25) is 10.0 Å². The molecular formula is C13H17NO2S. The van der Waals surface area contributed by atoms with Gasteiger partial charge in [-0.15, -0.1) is 12.3 Å². The van der Waals surface area contributed by atoms with Crippen molar-refractivity contribution in [3.05, 3.63) is 35.9 Å². The van der Waals surface area contributed by atoms with Crippen LogP contribution in [0.25, 0.3) is 0 Å². The van der Waals surface area contributed by atoms with Crippen molar-refractivity contribution in [1.82, 2.24) is 4.72 Å². The summed E-state index contributed by atoms with van der Waals surface area (Å²) in [5, 5.41) is 0. The van der Waals surface area contributed by atoms with Gasteiger partial charge >= 0.3 is 0 Å². The molecule has 0 aliphatic carbocycles. The van der Waals surface area contributed by atoms with Crippen LogP contribution in [0.5, 0.6) is 0 Å². The van der Waals surface area contributed by atoms with E-state index in [0.717, 1.165) is 18.4 Å². The first kappa shape index (κ1) is 13.8. The third kappa shape index (κ3) is 6.10. The van der Waals surface area contributed by atoms with Crippen molar-refractivity contribution in [1.29, 1.82) is 0 Å². The Balaban J connectivity index is 2.35. The monoisotopic (exact) mass is 251 g/mol. The van der Waals surface area contributed by atoms with E-state index < -0.39 is 10.0 Å². The van der Waals surface area contributed by atoms with Crippen LogP contribution in [0.15, 0.2) is 30.3 Å². The highest BCUT2D eigenvalue weighted by Crippen LogP contribution is 2.04. The zero-order valence-electron chi connectivity index (χ0n) is 9.72. The van der Waals surface area contributed by atoms with E-state index in [2.05, 4.69) is 10.6 Å². The van der Waals surface area contributed by atoms with Crippen LogP contribution in [0.4, 0.5) is 0 Å². The molecular weight excluding hydrogens is 234 g/mol. The quantitative estimate of drug-likeness (QED) is 0.594. The fraction of sp³-hybridized carbons (Fsp3) is 0.385. The molecule has 0 bridgehead atoms. The summed E-state index contributed by atoms with van der Waals surface area (Å²) >= 11 is 0. The van der Waals surface area contributed by atoms with E-state index in [1.165, 1.54) is 0 Å². The maximum atomic E-state index is 11.7. The van der Waals surface area contributed by atoms with Crippen LogP contribution in [0.1, 0.15) is 24.8 Å². The van der Waals surface area contributed by atoms with E-state index >= 15 is 0 Å². The number of nitrogens with one attached hydrogen (secondary N) is 1. The van der Waals surface area contributed by atoms with E-state index in [-0.39, 0.29) is 5.75 Å². The van der Waals surface area contributed by atoms with Crippen LogP contribution in [-0.4, -0.2) is 15.0 Å². The molecule has 0 saturated heterocycles. The van der Waals surface area contributed by atoms with Crippen molar-refractivity contribution in [2.24, 2.45) is 0 Å². The second-order valence-electron chi connectivity index (χ2n) is 3.80. The summed E-state index contributed by atoms with van der Waals surface area (Å²) in [5.41, 5.74) is 0.795. The van der Waals surface area contributed by atoms with Gasteiger partial charge < -0.3 is 0 Å². The van der Waals surface area contributed by atoms with Gasteiger partial charge in [-0.2, -0.15) is 0 Å². The first-order valence-corrected chi connectivity index (χ1v) is 7.24. The lowest BCUT2D eigenvalue weighted by atomic mass is 10.2. The number of hydrogen-bond acceptors (Lipinski definition) is 2. The van der Waals surface area contributed by atoms with Gasteiger partial charge in [-0.05, 0) is 18.4 Å². The molecule has 1 aromatic rings.